The van der Waals surface area contributed by atoms with E-state index in [4.69, 9.17) is 23.2 Å². The number of nitrogens with one attached hydrogen (secondary N) is 1. The zero-order valence-electron chi connectivity index (χ0n) is 11.5. The maximum Gasteiger partial charge on any atom is 0.0639 e. The van der Waals surface area contributed by atoms with Gasteiger partial charge in [0.05, 0.1) is 10.0 Å². The maximum atomic E-state index is 6.29. The van der Waals surface area contributed by atoms with Crippen LogP contribution < -0.4 is 5.32 Å². The van der Waals surface area contributed by atoms with Gasteiger partial charge >= 0.3 is 0 Å². The number of benzene rings is 1. The molecule has 0 saturated heterocycles. The van der Waals surface area contributed by atoms with Crippen LogP contribution in [0.3, 0.4) is 0 Å². The highest BCUT2D eigenvalue weighted by atomic mass is 35.5. The smallest absolute Gasteiger partial charge is 0.0639 e. The van der Waals surface area contributed by atoms with E-state index in [1.165, 1.54) is 25.7 Å². The molecule has 106 valence electrons. The Morgan fingerprint density at radius 2 is 2.11 bits per heavy atom. The van der Waals surface area contributed by atoms with E-state index < -0.39 is 0 Å². The minimum atomic E-state index is 0.247. The van der Waals surface area contributed by atoms with Gasteiger partial charge in [-0.1, -0.05) is 41.8 Å². The molecule has 4 heteroatoms. The lowest BCUT2D eigenvalue weighted by atomic mass is 9.93. The molecule has 0 radical (unpaired) electrons. The Morgan fingerprint density at radius 3 is 2.84 bits per heavy atom. The molecular formula is C15H21Cl2NS. The third-order valence-electron chi connectivity index (χ3n) is 3.89. The van der Waals surface area contributed by atoms with Crippen LogP contribution in [0.4, 0.5) is 0 Å². The summed E-state index contributed by atoms with van der Waals surface area (Å²) >= 11 is 14.4. The molecule has 0 heterocycles. The minimum absolute atomic E-state index is 0.247. The van der Waals surface area contributed by atoms with Gasteiger partial charge in [-0.3, -0.25) is 0 Å². The lowest BCUT2D eigenvalue weighted by Crippen LogP contribution is -2.36. The van der Waals surface area contributed by atoms with Gasteiger partial charge in [0.1, 0.15) is 0 Å². The average Bonchev–Trinajstić information content (AvgIpc) is 2.42. The predicted molar refractivity (Wildman–Crippen MR) is 87.6 cm³/mol. The van der Waals surface area contributed by atoms with Gasteiger partial charge in [-0.05, 0) is 44.1 Å². The summed E-state index contributed by atoms with van der Waals surface area (Å²) in [6.07, 6.45) is 7.40. The van der Waals surface area contributed by atoms with Crippen molar-refractivity contribution in [3.05, 3.63) is 33.8 Å². The molecule has 1 N–H and O–H groups in total. The minimum Gasteiger partial charge on any atom is -0.307 e. The first-order valence-corrected chi connectivity index (χ1v) is 8.89. The molecule has 0 aliphatic heterocycles. The SMILES string of the molecule is CSC1CCCC(NC(C)c2cccc(Cl)c2Cl)C1. The normalized spacial score (nSPS) is 25.3. The molecule has 1 nitrogen and oxygen atoms in total. The van der Waals surface area contributed by atoms with Gasteiger partial charge in [-0.25, -0.2) is 0 Å². The zero-order chi connectivity index (χ0) is 13.8. The molecule has 3 unspecified atom stereocenters. The summed E-state index contributed by atoms with van der Waals surface area (Å²) in [4.78, 5) is 0. The summed E-state index contributed by atoms with van der Waals surface area (Å²) in [6.45, 7) is 2.17. The Hall–Kier alpha value is 0.110. The number of hydrogen-bond acceptors (Lipinski definition) is 2. The van der Waals surface area contributed by atoms with E-state index in [9.17, 15) is 0 Å². The van der Waals surface area contributed by atoms with E-state index in [1.807, 2.05) is 23.9 Å². The van der Waals surface area contributed by atoms with Gasteiger partial charge in [0, 0.05) is 17.3 Å². The Balaban J connectivity index is 2.00. The van der Waals surface area contributed by atoms with Crippen molar-refractivity contribution in [3.63, 3.8) is 0 Å². The monoisotopic (exact) mass is 317 g/mol. The highest BCUT2D eigenvalue weighted by Crippen LogP contribution is 2.32. The Labute approximate surface area is 130 Å². The van der Waals surface area contributed by atoms with Crippen LogP contribution >= 0.6 is 35.0 Å². The molecule has 2 rings (SSSR count). The highest BCUT2D eigenvalue weighted by Gasteiger charge is 2.23. The molecule has 3 atom stereocenters. The fraction of sp³-hybridized carbons (Fsp3) is 0.600. The van der Waals surface area contributed by atoms with Crippen LogP contribution in [0.5, 0.6) is 0 Å². The summed E-state index contributed by atoms with van der Waals surface area (Å²) in [7, 11) is 0. The van der Waals surface area contributed by atoms with Crippen molar-refractivity contribution >= 4 is 35.0 Å². The van der Waals surface area contributed by atoms with Crippen LogP contribution in [0.25, 0.3) is 0 Å². The molecule has 0 amide bonds. The van der Waals surface area contributed by atoms with E-state index in [1.54, 1.807) is 0 Å². The van der Waals surface area contributed by atoms with Crippen LogP contribution in [0.15, 0.2) is 18.2 Å². The van der Waals surface area contributed by atoms with Gasteiger partial charge in [-0.2, -0.15) is 11.8 Å². The number of thioether (sulfide) groups is 1. The maximum absolute atomic E-state index is 6.29. The van der Waals surface area contributed by atoms with Crippen LogP contribution in [-0.2, 0) is 0 Å². The Morgan fingerprint density at radius 1 is 1.32 bits per heavy atom. The third-order valence-corrected chi connectivity index (χ3v) is 5.82. The molecule has 0 spiro atoms. The van der Waals surface area contributed by atoms with Crippen molar-refractivity contribution in [1.29, 1.82) is 0 Å². The fourth-order valence-corrected chi connectivity index (χ4v) is 4.11. The second-order valence-electron chi connectivity index (χ2n) is 5.25. The van der Waals surface area contributed by atoms with E-state index in [0.29, 0.717) is 16.1 Å². The van der Waals surface area contributed by atoms with Crippen LogP contribution in [-0.4, -0.2) is 17.5 Å². The number of hydrogen-bond donors (Lipinski definition) is 1. The topological polar surface area (TPSA) is 12.0 Å². The molecule has 1 saturated carbocycles. The summed E-state index contributed by atoms with van der Waals surface area (Å²) in [5.41, 5.74) is 1.10. The predicted octanol–water partition coefficient (Wildman–Crippen LogP) is 5.32. The zero-order valence-corrected chi connectivity index (χ0v) is 13.8. The molecular weight excluding hydrogens is 297 g/mol. The Kier molecular flexibility index (Phi) is 5.88. The van der Waals surface area contributed by atoms with Crippen LogP contribution in [0.1, 0.15) is 44.2 Å². The second kappa shape index (κ2) is 7.21. The largest absolute Gasteiger partial charge is 0.307 e. The summed E-state index contributed by atoms with van der Waals surface area (Å²) in [5.74, 6) is 0. The van der Waals surface area contributed by atoms with Crippen molar-refractivity contribution in [2.24, 2.45) is 0 Å². The summed E-state index contributed by atoms with van der Waals surface area (Å²) in [6, 6.07) is 6.70. The van der Waals surface area contributed by atoms with E-state index >= 15 is 0 Å². The molecule has 1 aliphatic rings. The van der Waals surface area contributed by atoms with Crippen LogP contribution in [0.2, 0.25) is 10.0 Å². The molecule has 1 aromatic carbocycles. The molecule has 1 aromatic rings. The molecule has 1 fully saturated rings. The van der Waals surface area contributed by atoms with Gasteiger partial charge in [0.15, 0.2) is 0 Å². The average molecular weight is 318 g/mol. The van der Waals surface area contributed by atoms with Crippen molar-refractivity contribution < 1.29 is 0 Å². The van der Waals surface area contributed by atoms with Crippen molar-refractivity contribution in [1.82, 2.24) is 5.32 Å². The van der Waals surface area contributed by atoms with Crippen molar-refractivity contribution in [2.75, 3.05) is 6.26 Å². The van der Waals surface area contributed by atoms with Gasteiger partial charge < -0.3 is 5.32 Å². The van der Waals surface area contributed by atoms with Gasteiger partial charge in [0.25, 0.3) is 0 Å². The first-order valence-electron chi connectivity index (χ1n) is 6.84. The fourth-order valence-electron chi connectivity index (χ4n) is 2.81. The second-order valence-corrected chi connectivity index (χ2v) is 7.18. The number of halogens is 2. The summed E-state index contributed by atoms with van der Waals surface area (Å²) in [5, 5.41) is 5.83. The third kappa shape index (κ3) is 4.04. The standard InChI is InChI=1S/C15H21Cl2NS/c1-10(13-7-4-8-14(16)15(13)17)18-11-5-3-6-12(9-11)19-2/h4,7-8,10-12,18H,3,5-6,9H2,1-2H3. The van der Waals surface area contributed by atoms with Gasteiger partial charge in [-0.15, -0.1) is 0 Å². The molecule has 0 aromatic heterocycles. The highest BCUT2D eigenvalue weighted by molar-refractivity contribution is 7.99. The van der Waals surface area contributed by atoms with Crippen molar-refractivity contribution in [2.45, 2.75) is 49.9 Å². The van der Waals surface area contributed by atoms with Crippen molar-refractivity contribution in [3.8, 4) is 0 Å². The molecule has 19 heavy (non-hydrogen) atoms. The van der Waals surface area contributed by atoms with Gasteiger partial charge in [0.2, 0.25) is 0 Å². The van der Waals surface area contributed by atoms with E-state index in [-0.39, 0.29) is 6.04 Å². The lowest BCUT2D eigenvalue weighted by molar-refractivity contribution is 0.353. The molecule has 0 bridgehead atoms. The van der Waals surface area contributed by atoms with E-state index in [2.05, 4.69) is 24.6 Å². The van der Waals surface area contributed by atoms with E-state index in [0.717, 1.165) is 10.8 Å². The first kappa shape index (κ1) is 15.5. The Bertz CT molecular complexity index is 425. The quantitative estimate of drug-likeness (QED) is 0.806. The lowest BCUT2D eigenvalue weighted by Gasteiger charge is -2.31. The molecule has 1 aliphatic carbocycles. The van der Waals surface area contributed by atoms with Crippen LogP contribution in [0, 0.1) is 0 Å². The summed E-state index contributed by atoms with van der Waals surface area (Å²) < 4.78 is 0. The first-order chi connectivity index (χ1) is 9.11. The number of rotatable bonds is 4.